The number of nitrogens with one attached hydrogen (secondary N) is 1. The molecule has 1 aliphatic heterocycles. The zero-order valence-corrected chi connectivity index (χ0v) is 16.0. The third-order valence-electron chi connectivity index (χ3n) is 4.57. The van der Waals surface area contributed by atoms with Crippen molar-refractivity contribution in [1.29, 1.82) is 0 Å². The second-order valence-electron chi connectivity index (χ2n) is 6.45. The van der Waals surface area contributed by atoms with Crippen LogP contribution in [0.2, 0.25) is 0 Å². The molecule has 28 heavy (non-hydrogen) atoms. The zero-order chi connectivity index (χ0) is 19.8. The monoisotopic (exact) mass is 386 g/mol. The van der Waals surface area contributed by atoms with Crippen LogP contribution in [-0.2, 0) is 9.53 Å². The summed E-state index contributed by atoms with van der Waals surface area (Å²) in [6.07, 6.45) is -0.783. The van der Waals surface area contributed by atoms with Crippen LogP contribution < -0.4 is 19.7 Å². The van der Waals surface area contributed by atoms with Gasteiger partial charge in [-0.15, -0.1) is 0 Å². The number of benzene rings is 2. The van der Waals surface area contributed by atoms with Gasteiger partial charge in [-0.2, -0.15) is 0 Å². The summed E-state index contributed by atoms with van der Waals surface area (Å²) in [4.78, 5) is 14.3. The van der Waals surface area contributed by atoms with E-state index >= 15 is 0 Å². The number of rotatable bonds is 8. The Morgan fingerprint density at radius 3 is 2.50 bits per heavy atom. The number of nitrogens with zero attached hydrogens (tertiary/aromatic N) is 1. The Bertz CT molecular complexity index is 760. The van der Waals surface area contributed by atoms with E-state index in [1.54, 1.807) is 25.3 Å². The lowest BCUT2D eigenvalue weighted by atomic mass is 10.1. The SMILES string of the molecule is COc1ccccc1OCC(=O)NCC(O)c1ccc(N2CCOCC2)cc1. The fourth-order valence-corrected chi connectivity index (χ4v) is 2.99. The first-order chi connectivity index (χ1) is 13.7. The number of ether oxygens (including phenoxy) is 3. The number of amides is 1. The number of hydrogen-bond donors (Lipinski definition) is 2. The highest BCUT2D eigenvalue weighted by molar-refractivity contribution is 5.77. The van der Waals surface area contributed by atoms with Crippen molar-refractivity contribution in [1.82, 2.24) is 5.32 Å². The molecule has 2 aromatic rings. The number of anilines is 1. The van der Waals surface area contributed by atoms with E-state index in [0.29, 0.717) is 11.5 Å². The number of methoxy groups -OCH3 is 1. The minimum absolute atomic E-state index is 0.116. The smallest absolute Gasteiger partial charge is 0.258 e. The number of para-hydroxylation sites is 2. The van der Waals surface area contributed by atoms with Crippen LogP contribution in [0, 0.1) is 0 Å². The fourth-order valence-electron chi connectivity index (χ4n) is 2.99. The third-order valence-corrected chi connectivity index (χ3v) is 4.57. The van der Waals surface area contributed by atoms with Gasteiger partial charge in [0.15, 0.2) is 18.1 Å². The molecule has 3 rings (SSSR count). The van der Waals surface area contributed by atoms with Gasteiger partial charge in [0.2, 0.25) is 0 Å². The van der Waals surface area contributed by atoms with Crippen molar-refractivity contribution in [3.63, 3.8) is 0 Å². The quantitative estimate of drug-likeness (QED) is 0.720. The van der Waals surface area contributed by atoms with Gasteiger partial charge in [0.1, 0.15) is 0 Å². The van der Waals surface area contributed by atoms with Crippen LogP contribution in [0.1, 0.15) is 11.7 Å². The van der Waals surface area contributed by atoms with E-state index in [2.05, 4.69) is 10.2 Å². The summed E-state index contributed by atoms with van der Waals surface area (Å²) in [6.45, 7) is 3.16. The van der Waals surface area contributed by atoms with Crippen LogP contribution in [0.3, 0.4) is 0 Å². The summed E-state index contributed by atoms with van der Waals surface area (Å²) in [7, 11) is 1.54. The molecule has 150 valence electrons. The van der Waals surface area contributed by atoms with Crippen molar-refractivity contribution in [3.05, 3.63) is 54.1 Å². The highest BCUT2D eigenvalue weighted by atomic mass is 16.5. The highest BCUT2D eigenvalue weighted by Crippen LogP contribution is 2.25. The van der Waals surface area contributed by atoms with Crippen LogP contribution >= 0.6 is 0 Å². The molecule has 0 radical (unpaired) electrons. The van der Waals surface area contributed by atoms with Gasteiger partial charge < -0.3 is 29.5 Å². The first-order valence-electron chi connectivity index (χ1n) is 9.30. The predicted octanol–water partition coefficient (Wildman–Crippen LogP) is 1.76. The largest absolute Gasteiger partial charge is 0.493 e. The summed E-state index contributed by atoms with van der Waals surface area (Å²) in [5, 5.41) is 13.0. The van der Waals surface area contributed by atoms with Crippen molar-refractivity contribution < 1.29 is 24.1 Å². The number of carbonyl (C=O) groups is 1. The van der Waals surface area contributed by atoms with Gasteiger partial charge in [0.05, 0.1) is 26.4 Å². The highest BCUT2D eigenvalue weighted by Gasteiger charge is 2.14. The second kappa shape index (κ2) is 9.96. The lowest BCUT2D eigenvalue weighted by Crippen LogP contribution is -2.36. The summed E-state index contributed by atoms with van der Waals surface area (Å²) < 4.78 is 16.0. The number of carbonyl (C=O) groups excluding carboxylic acids is 1. The molecule has 0 aromatic heterocycles. The summed E-state index contributed by atoms with van der Waals surface area (Å²) in [5.41, 5.74) is 1.86. The van der Waals surface area contributed by atoms with Crippen LogP contribution in [0.25, 0.3) is 0 Å². The van der Waals surface area contributed by atoms with Crippen LogP contribution in [0.15, 0.2) is 48.5 Å². The van der Waals surface area contributed by atoms with Crippen LogP contribution in [0.5, 0.6) is 11.5 Å². The maximum Gasteiger partial charge on any atom is 0.258 e. The normalized spacial score (nSPS) is 15.0. The van der Waals surface area contributed by atoms with Gasteiger partial charge in [-0.05, 0) is 29.8 Å². The molecule has 1 atom stereocenters. The van der Waals surface area contributed by atoms with E-state index in [1.165, 1.54) is 0 Å². The van der Waals surface area contributed by atoms with Gasteiger partial charge in [-0.3, -0.25) is 4.79 Å². The summed E-state index contributed by atoms with van der Waals surface area (Å²) >= 11 is 0. The molecule has 1 amide bonds. The Kier molecular flexibility index (Phi) is 7.11. The third kappa shape index (κ3) is 5.37. The fraction of sp³-hybridized carbons (Fsp3) is 0.381. The topological polar surface area (TPSA) is 80.3 Å². The zero-order valence-electron chi connectivity index (χ0n) is 16.0. The van der Waals surface area contributed by atoms with Gasteiger partial charge in [0, 0.05) is 25.3 Å². The van der Waals surface area contributed by atoms with Crippen LogP contribution in [0.4, 0.5) is 5.69 Å². The molecule has 7 nitrogen and oxygen atoms in total. The first-order valence-corrected chi connectivity index (χ1v) is 9.30. The van der Waals surface area contributed by atoms with Crippen molar-refractivity contribution >= 4 is 11.6 Å². The Morgan fingerprint density at radius 2 is 1.82 bits per heavy atom. The molecule has 1 heterocycles. The van der Waals surface area contributed by atoms with E-state index < -0.39 is 6.10 Å². The molecule has 1 aliphatic rings. The van der Waals surface area contributed by atoms with Gasteiger partial charge >= 0.3 is 0 Å². The number of morpholine rings is 1. The van der Waals surface area contributed by atoms with E-state index in [1.807, 2.05) is 30.3 Å². The Morgan fingerprint density at radius 1 is 1.14 bits per heavy atom. The summed E-state index contributed by atoms with van der Waals surface area (Å²) in [6, 6.07) is 14.9. The second-order valence-corrected chi connectivity index (χ2v) is 6.45. The molecular formula is C21H26N2O5. The summed E-state index contributed by atoms with van der Waals surface area (Å²) in [5.74, 6) is 0.755. The predicted molar refractivity (Wildman–Crippen MR) is 106 cm³/mol. The van der Waals surface area contributed by atoms with Gasteiger partial charge in [-0.25, -0.2) is 0 Å². The molecule has 2 aromatic carbocycles. The average Bonchev–Trinajstić information content (AvgIpc) is 2.77. The molecule has 0 aliphatic carbocycles. The van der Waals surface area contributed by atoms with Gasteiger partial charge in [0.25, 0.3) is 5.91 Å². The molecule has 0 spiro atoms. The maximum absolute atomic E-state index is 12.0. The molecule has 1 saturated heterocycles. The standard InChI is InChI=1S/C21H26N2O5/c1-26-19-4-2-3-5-20(19)28-15-21(25)22-14-18(24)16-6-8-17(9-7-16)23-10-12-27-13-11-23/h2-9,18,24H,10-15H2,1H3,(H,22,25). The Balaban J connectivity index is 1.45. The lowest BCUT2D eigenvalue weighted by Gasteiger charge is -2.29. The molecule has 0 saturated carbocycles. The average molecular weight is 386 g/mol. The van der Waals surface area contributed by atoms with Gasteiger partial charge in [-0.1, -0.05) is 24.3 Å². The number of aliphatic hydroxyl groups excluding tert-OH is 1. The van der Waals surface area contributed by atoms with E-state index in [0.717, 1.165) is 37.6 Å². The van der Waals surface area contributed by atoms with Crippen molar-refractivity contribution in [3.8, 4) is 11.5 Å². The van der Waals surface area contributed by atoms with Crippen molar-refractivity contribution in [2.45, 2.75) is 6.10 Å². The molecular weight excluding hydrogens is 360 g/mol. The first kappa shape index (κ1) is 20.0. The molecule has 1 fully saturated rings. The maximum atomic E-state index is 12.0. The Hall–Kier alpha value is -2.77. The minimum Gasteiger partial charge on any atom is -0.493 e. The lowest BCUT2D eigenvalue weighted by molar-refractivity contribution is -0.123. The molecule has 0 bridgehead atoms. The number of aliphatic hydroxyl groups is 1. The van der Waals surface area contributed by atoms with Crippen LogP contribution in [-0.4, -0.2) is 57.6 Å². The Labute approximate surface area is 164 Å². The van der Waals surface area contributed by atoms with E-state index in [-0.39, 0.29) is 19.1 Å². The van der Waals surface area contributed by atoms with Crippen molar-refractivity contribution in [2.75, 3.05) is 51.5 Å². The molecule has 2 N–H and O–H groups in total. The van der Waals surface area contributed by atoms with E-state index in [9.17, 15) is 9.90 Å². The molecule has 1 unspecified atom stereocenters. The number of hydrogen-bond acceptors (Lipinski definition) is 6. The van der Waals surface area contributed by atoms with E-state index in [4.69, 9.17) is 14.2 Å². The molecule has 7 heteroatoms. The van der Waals surface area contributed by atoms with Crippen molar-refractivity contribution in [2.24, 2.45) is 0 Å². The minimum atomic E-state index is -0.783.